The summed E-state index contributed by atoms with van der Waals surface area (Å²) in [4.78, 5) is 10.6. The van der Waals surface area contributed by atoms with E-state index >= 15 is 0 Å². The molecule has 0 saturated heterocycles. The number of hydrogen-bond donors (Lipinski definition) is 0. The maximum atomic E-state index is 10.6. The van der Waals surface area contributed by atoms with E-state index in [1.165, 1.54) is 0 Å². The first-order chi connectivity index (χ1) is 6.77. The van der Waals surface area contributed by atoms with Gasteiger partial charge >= 0.3 is 0 Å². The van der Waals surface area contributed by atoms with Crippen molar-refractivity contribution in [2.75, 3.05) is 6.61 Å². The van der Waals surface area contributed by atoms with E-state index in [0.29, 0.717) is 22.9 Å². The molecule has 0 N–H and O–H groups in total. The Hall–Kier alpha value is -1.02. The third-order valence-corrected chi connectivity index (χ3v) is 2.09. The normalized spacial score (nSPS) is 9.86. The first-order valence-electron chi connectivity index (χ1n) is 4.65. The molecule has 0 fully saturated rings. The molecular weight excluding hydrogens is 200 g/mol. The highest BCUT2D eigenvalue weighted by Crippen LogP contribution is 2.22. The summed E-state index contributed by atoms with van der Waals surface area (Å²) in [5.74, 6) is 0.570. The third-order valence-electron chi connectivity index (χ3n) is 1.86. The second kappa shape index (κ2) is 5.66. The van der Waals surface area contributed by atoms with Crippen molar-refractivity contribution in [3.05, 3.63) is 28.8 Å². The van der Waals surface area contributed by atoms with E-state index in [1.54, 1.807) is 18.2 Å². The molecule has 0 unspecified atom stereocenters. The molecular formula is C11H13ClO2. The van der Waals surface area contributed by atoms with Crippen LogP contribution in [0, 0.1) is 0 Å². The van der Waals surface area contributed by atoms with Crippen LogP contribution in [0.2, 0.25) is 5.02 Å². The Morgan fingerprint density at radius 3 is 2.93 bits per heavy atom. The molecule has 0 spiro atoms. The fourth-order valence-electron chi connectivity index (χ4n) is 1.06. The van der Waals surface area contributed by atoms with E-state index in [4.69, 9.17) is 16.3 Å². The number of benzene rings is 1. The Bertz CT molecular complexity index is 310. The molecule has 1 aromatic rings. The topological polar surface area (TPSA) is 26.3 Å². The zero-order valence-corrected chi connectivity index (χ0v) is 8.88. The van der Waals surface area contributed by atoms with E-state index in [9.17, 15) is 4.79 Å². The Balaban J connectivity index is 2.72. The van der Waals surface area contributed by atoms with Crippen molar-refractivity contribution in [2.45, 2.75) is 19.8 Å². The van der Waals surface area contributed by atoms with Crippen LogP contribution in [0.3, 0.4) is 0 Å². The van der Waals surface area contributed by atoms with Crippen LogP contribution in [0.15, 0.2) is 18.2 Å². The number of carbonyl (C=O) groups excluding carboxylic acids is 1. The van der Waals surface area contributed by atoms with Crippen molar-refractivity contribution in [2.24, 2.45) is 0 Å². The lowest BCUT2D eigenvalue weighted by Crippen LogP contribution is -1.99. The van der Waals surface area contributed by atoms with Gasteiger partial charge in [0.2, 0.25) is 0 Å². The molecule has 3 heteroatoms. The minimum absolute atomic E-state index is 0.547. The van der Waals surface area contributed by atoms with Gasteiger partial charge < -0.3 is 4.74 Å². The second-order valence-electron chi connectivity index (χ2n) is 3.00. The Kier molecular flexibility index (Phi) is 4.47. The maximum absolute atomic E-state index is 10.6. The van der Waals surface area contributed by atoms with Gasteiger partial charge in [-0.2, -0.15) is 0 Å². The molecule has 0 radical (unpaired) electrons. The van der Waals surface area contributed by atoms with Crippen molar-refractivity contribution < 1.29 is 9.53 Å². The molecule has 0 heterocycles. The van der Waals surface area contributed by atoms with E-state index < -0.39 is 0 Å². The van der Waals surface area contributed by atoms with Gasteiger partial charge in [-0.05, 0) is 24.6 Å². The zero-order chi connectivity index (χ0) is 10.4. The van der Waals surface area contributed by atoms with E-state index in [1.807, 2.05) is 0 Å². The number of hydrogen-bond acceptors (Lipinski definition) is 2. The molecule has 1 aromatic carbocycles. The lowest BCUT2D eigenvalue weighted by molar-refractivity contribution is 0.111. The molecule has 0 amide bonds. The monoisotopic (exact) mass is 212 g/mol. The van der Waals surface area contributed by atoms with Gasteiger partial charge in [-0.1, -0.05) is 24.9 Å². The quantitative estimate of drug-likeness (QED) is 0.553. The van der Waals surface area contributed by atoms with Crippen molar-refractivity contribution in [1.82, 2.24) is 0 Å². The summed E-state index contributed by atoms with van der Waals surface area (Å²) in [5.41, 5.74) is 0.547. The number of ether oxygens (including phenoxy) is 1. The van der Waals surface area contributed by atoms with Crippen LogP contribution >= 0.6 is 11.6 Å². The second-order valence-corrected chi connectivity index (χ2v) is 3.44. The molecule has 0 bridgehead atoms. The SMILES string of the molecule is CCCCOc1cc(Cl)ccc1C=O. The summed E-state index contributed by atoms with van der Waals surface area (Å²) >= 11 is 5.79. The molecule has 0 aliphatic carbocycles. The van der Waals surface area contributed by atoms with Crippen molar-refractivity contribution in [1.29, 1.82) is 0 Å². The number of rotatable bonds is 5. The summed E-state index contributed by atoms with van der Waals surface area (Å²) in [6.07, 6.45) is 2.82. The van der Waals surface area contributed by atoms with Gasteiger partial charge in [0.15, 0.2) is 6.29 Å². The van der Waals surface area contributed by atoms with Crippen LogP contribution in [-0.4, -0.2) is 12.9 Å². The fourth-order valence-corrected chi connectivity index (χ4v) is 1.22. The molecule has 14 heavy (non-hydrogen) atoms. The predicted molar refractivity (Wildman–Crippen MR) is 57.2 cm³/mol. The highest BCUT2D eigenvalue weighted by atomic mass is 35.5. The van der Waals surface area contributed by atoms with Gasteiger partial charge in [0.05, 0.1) is 12.2 Å². The number of unbranched alkanes of at least 4 members (excludes halogenated alkanes) is 1. The van der Waals surface area contributed by atoms with Crippen LogP contribution in [0.25, 0.3) is 0 Å². The highest BCUT2D eigenvalue weighted by molar-refractivity contribution is 6.30. The molecule has 0 saturated carbocycles. The largest absolute Gasteiger partial charge is 0.493 e. The van der Waals surface area contributed by atoms with E-state index in [2.05, 4.69) is 6.92 Å². The van der Waals surface area contributed by atoms with Crippen molar-refractivity contribution >= 4 is 17.9 Å². The Morgan fingerprint density at radius 2 is 2.29 bits per heavy atom. The lowest BCUT2D eigenvalue weighted by Gasteiger charge is -2.07. The number of carbonyl (C=O) groups is 1. The summed E-state index contributed by atoms with van der Waals surface area (Å²) in [7, 11) is 0. The van der Waals surface area contributed by atoms with Gasteiger partial charge in [-0.15, -0.1) is 0 Å². The maximum Gasteiger partial charge on any atom is 0.153 e. The Labute approximate surface area is 88.8 Å². The van der Waals surface area contributed by atoms with Gasteiger partial charge in [0.1, 0.15) is 5.75 Å². The molecule has 0 atom stereocenters. The van der Waals surface area contributed by atoms with Gasteiger partial charge in [0.25, 0.3) is 0 Å². The van der Waals surface area contributed by atoms with E-state index in [0.717, 1.165) is 19.1 Å². The molecule has 0 aliphatic rings. The summed E-state index contributed by atoms with van der Waals surface area (Å²) in [5, 5.41) is 0.585. The molecule has 0 aliphatic heterocycles. The minimum Gasteiger partial charge on any atom is -0.493 e. The molecule has 1 rings (SSSR count). The highest BCUT2D eigenvalue weighted by Gasteiger charge is 2.02. The number of halogens is 1. The first kappa shape index (κ1) is 11.1. The summed E-state index contributed by atoms with van der Waals surface area (Å²) in [6.45, 7) is 2.71. The Morgan fingerprint density at radius 1 is 1.50 bits per heavy atom. The standard InChI is InChI=1S/C11H13ClO2/c1-2-3-6-14-11-7-10(12)5-4-9(11)8-13/h4-5,7-8H,2-3,6H2,1H3. The summed E-state index contributed by atoms with van der Waals surface area (Å²) < 4.78 is 5.43. The third kappa shape index (κ3) is 3.04. The van der Waals surface area contributed by atoms with Crippen LogP contribution < -0.4 is 4.74 Å². The van der Waals surface area contributed by atoms with Gasteiger partial charge in [0, 0.05) is 5.02 Å². The van der Waals surface area contributed by atoms with Crippen molar-refractivity contribution in [3.8, 4) is 5.75 Å². The fraction of sp³-hybridized carbons (Fsp3) is 0.364. The average Bonchev–Trinajstić information content (AvgIpc) is 2.19. The van der Waals surface area contributed by atoms with Gasteiger partial charge in [-0.3, -0.25) is 4.79 Å². The predicted octanol–water partition coefficient (Wildman–Crippen LogP) is 3.33. The molecule has 0 aromatic heterocycles. The zero-order valence-electron chi connectivity index (χ0n) is 8.13. The van der Waals surface area contributed by atoms with Crippen molar-refractivity contribution in [3.63, 3.8) is 0 Å². The van der Waals surface area contributed by atoms with Gasteiger partial charge in [-0.25, -0.2) is 0 Å². The number of aldehydes is 1. The first-order valence-corrected chi connectivity index (χ1v) is 5.03. The van der Waals surface area contributed by atoms with Crippen LogP contribution in [0.1, 0.15) is 30.1 Å². The average molecular weight is 213 g/mol. The molecule has 2 nitrogen and oxygen atoms in total. The van der Waals surface area contributed by atoms with Crippen LogP contribution in [0.5, 0.6) is 5.75 Å². The lowest BCUT2D eigenvalue weighted by atomic mass is 10.2. The summed E-state index contributed by atoms with van der Waals surface area (Å²) in [6, 6.07) is 5.01. The molecule has 76 valence electrons. The minimum atomic E-state index is 0.547. The van der Waals surface area contributed by atoms with E-state index in [-0.39, 0.29) is 0 Å². The van der Waals surface area contributed by atoms with Crippen LogP contribution in [0.4, 0.5) is 0 Å². The van der Waals surface area contributed by atoms with Crippen LogP contribution in [-0.2, 0) is 0 Å². The smallest absolute Gasteiger partial charge is 0.153 e.